The molecule has 1 saturated heterocycles. The number of benzene rings is 5. The summed E-state index contributed by atoms with van der Waals surface area (Å²) < 4.78 is 13.1. The van der Waals surface area contributed by atoms with Crippen LogP contribution < -0.4 is 19.7 Å². The summed E-state index contributed by atoms with van der Waals surface area (Å²) in [5.41, 5.74) is 9.23. The Kier molecular flexibility index (Phi) is 10.3. The lowest BCUT2D eigenvalue weighted by atomic mass is 9.76. The molecule has 9 heteroatoms. The van der Waals surface area contributed by atoms with E-state index in [2.05, 4.69) is 106 Å². The average Bonchev–Trinajstić information content (AvgIpc) is 3.50. The van der Waals surface area contributed by atoms with Crippen molar-refractivity contribution in [1.82, 2.24) is 5.32 Å². The second kappa shape index (κ2) is 15.4. The number of ether oxygens (including phenoxy) is 2. The summed E-state index contributed by atoms with van der Waals surface area (Å²) in [4.78, 5) is 21.6. The maximum Gasteiger partial charge on any atom is 0.264 e. The molecule has 52 heavy (non-hydrogen) atoms. The molecule has 0 aromatic heterocycles. The van der Waals surface area contributed by atoms with Crippen LogP contribution in [-0.2, 0) is 11.4 Å². The summed E-state index contributed by atoms with van der Waals surface area (Å²) in [5, 5.41) is 4.26. The summed E-state index contributed by atoms with van der Waals surface area (Å²) in [6, 6.07) is 37.7. The Balaban J connectivity index is 1.12. The van der Waals surface area contributed by atoms with Crippen molar-refractivity contribution in [1.29, 1.82) is 0 Å². The van der Waals surface area contributed by atoms with Crippen LogP contribution in [0.15, 0.2) is 119 Å². The van der Waals surface area contributed by atoms with Gasteiger partial charge in [-0.25, -0.2) is 4.99 Å². The van der Waals surface area contributed by atoms with Crippen LogP contribution in [0, 0.1) is 3.57 Å². The molecule has 6 nitrogen and oxygen atoms in total. The third-order valence-electron chi connectivity index (χ3n) is 9.84. The van der Waals surface area contributed by atoms with Crippen LogP contribution in [-0.4, -0.2) is 30.8 Å². The number of aliphatic imine (C=N–C) groups is 1. The van der Waals surface area contributed by atoms with Gasteiger partial charge in [-0.1, -0.05) is 90.5 Å². The van der Waals surface area contributed by atoms with E-state index in [9.17, 15) is 4.79 Å². The van der Waals surface area contributed by atoms with Gasteiger partial charge in [-0.2, -0.15) is 0 Å². The molecule has 2 atom stereocenters. The number of amidine groups is 1. The molecule has 0 saturated carbocycles. The van der Waals surface area contributed by atoms with Gasteiger partial charge in [0.15, 0.2) is 16.7 Å². The van der Waals surface area contributed by atoms with E-state index in [1.807, 2.05) is 49.4 Å². The third kappa shape index (κ3) is 7.21. The first-order chi connectivity index (χ1) is 25.4. The van der Waals surface area contributed by atoms with E-state index in [0.29, 0.717) is 39.8 Å². The molecule has 8 rings (SSSR count). The minimum Gasteiger partial charge on any atom is -0.490 e. The Hall–Kier alpha value is -4.25. The minimum absolute atomic E-state index is 0.175. The molecule has 3 aliphatic heterocycles. The lowest BCUT2D eigenvalue weighted by Crippen LogP contribution is -2.37. The number of halogens is 2. The number of rotatable bonds is 9. The first-order valence-corrected chi connectivity index (χ1v) is 19.9. The number of thioether (sulfide) groups is 1. The maximum absolute atomic E-state index is 13.4. The standard InChI is InChI=1S/C43H37ClIN3O3S/c1-2-50-38-22-27(21-37(45)41(38)51-26-30-15-9-10-16-36(30)44)23-39-42(49)47-43(52-39)46-31-24-34-32(28-11-5-3-6-12-28)17-19-48-20-18-33(35(25-31)40(34)48)29-13-7-4-8-14-29/h3-16,21-25,32-33H,2,17-20,26H2,1H3,(H,46,47,49)/b39-23-/t32-,33-/m1/s1. The van der Waals surface area contributed by atoms with Gasteiger partial charge in [-0.15, -0.1) is 0 Å². The van der Waals surface area contributed by atoms with Gasteiger partial charge in [0.1, 0.15) is 6.61 Å². The summed E-state index contributed by atoms with van der Waals surface area (Å²) in [5.74, 6) is 1.64. The quantitative estimate of drug-likeness (QED) is 0.118. The Morgan fingerprint density at radius 1 is 0.885 bits per heavy atom. The average molecular weight is 838 g/mol. The Morgan fingerprint density at radius 3 is 2.15 bits per heavy atom. The number of nitrogens with one attached hydrogen (secondary N) is 1. The molecule has 0 unspecified atom stereocenters. The molecule has 262 valence electrons. The van der Waals surface area contributed by atoms with E-state index in [0.717, 1.165) is 46.3 Å². The highest BCUT2D eigenvalue weighted by molar-refractivity contribution is 14.1. The molecule has 0 radical (unpaired) electrons. The van der Waals surface area contributed by atoms with Crippen molar-refractivity contribution in [2.24, 2.45) is 4.99 Å². The molecule has 0 bridgehead atoms. The minimum atomic E-state index is -0.175. The van der Waals surface area contributed by atoms with Crippen molar-refractivity contribution in [2.45, 2.75) is 38.2 Å². The van der Waals surface area contributed by atoms with Gasteiger partial charge in [-0.05, 0) is 118 Å². The van der Waals surface area contributed by atoms with Crippen molar-refractivity contribution in [3.63, 3.8) is 0 Å². The number of nitrogens with zero attached hydrogens (tertiary/aromatic N) is 2. The van der Waals surface area contributed by atoms with Crippen LogP contribution in [0.2, 0.25) is 5.02 Å². The van der Waals surface area contributed by atoms with Crippen LogP contribution in [0.1, 0.15) is 65.0 Å². The van der Waals surface area contributed by atoms with Crippen LogP contribution in [0.3, 0.4) is 0 Å². The topological polar surface area (TPSA) is 63.2 Å². The SMILES string of the molecule is CCOc1cc(/C=C2\SC(=Nc3cc4c5c(c3)[C@@H](c3ccccc3)CCN5CC[C@@H]4c3ccccc3)NC2=O)cc(I)c1OCc1ccccc1Cl. The van der Waals surface area contributed by atoms with Crippen LogP contribution in [0.4, 0.5) is 11.4 Å². The molecule has 0 spiro atoms. The van der Waals surface area contributed by atoms with Gasteiger partial charge in [0.05, 0.1) is 20.8 Å². The predicted octanol–water partition coefficient (Wildman–Crippen LogP) is 10.7. The molecule has 5 aromatic carbocycles. The zero-order valence-electron chi connectivity index (χ0n) is 28.7. The smallest absolute Gasteiger partial charge is 0.264 e. The van der Waals surface area contributed by atoms with Crippen LogP contribution >= 0.6 is 46.0 Å². The summed E-state index contributed by atoms with van der Waals surface area (Å²) in [6.45, 7) is 4.80. The second-order valence-electron chi connectivity index (χ2n) is 13.1. The number of carbonyl (C=O) groups excluding carboxylic acids is 1. The van der Waals surface area contributed by atoms with Crippen molar-refractivity contribution in [2.75, 3.05) is 24.6 Å². The molecule has 1 fully saturated rings. The Labute approximate surface area is 327 Å². The van der Waals surface area contributed by atoms with Gasteiger partial charge in [0, 0.05) is 41.2 Å². The molecule has 5 aromatic rings. The van der Waals surface area contributed by atoms with Gasteiger partial charge >= 0.3 is 0 Å². The highest BCUT2D eigenvalue weighted by Crippen LogP contribution is 2.50. The number of amides is 1. The highest BCUT2D eigenvalue weighted by atomic mass is 127. The monoisotopic (exact) mass is 837 g/mol. The van der Waals surface area contributed by atoms with E-state index in [1.54, 1.807) is 0 Å². The van der Waals surface area contributed by atoms with E-state index in [4.69, 9.17) is 26.1 Å². The maximum atomic E-state index is 13.4. The highest BCUT2D eigenvalue weighted by Gasteiger charge is 2.35. The fourth-order valence-electron chi connectivity index (χ4n) is 7.49. The van der Waals surface area contributed by atoms with E-state index >= 15 is 0 Å². The summed E-state index contributed by atoms with van der Waals surface area (Å²) >= 11 is 9.98. The summed E-state index contributed by atoms with van der Waals surface area (Å²) in [6.07, 6.45) is 3.99. The lowest BCUT2D eigenvalue weighted by molar-refractivity contribution is -0.115. The predicted molar refractivity (Wildman–Crippen MR) is 221 cm³/mol. The third-order valence-corrected chi connectivity index (χ3v) is 11.9. The van der Waals surface area contributed by atoms with E-state index in [1.165, 1.54) is 39.7 Å². The fraction of sp³-hybridized carbons (Fsp3) is 0.209. The number of anilines is 1. The molecule has 3 heterocycles. The second-order valence-corrected chi connectivity index (χ2v) is 15.7. The van der Waals surface area contributed by atoms with Gasteiger partial charge in [0.2, 0.25) is 0 Å². The summed E-state index contributed by atoms with van der Waals surface area (Å²) in [7, 11) is 0. The van der Waals surface area contributed by atoms with Crippen LogP contribution in [0.25, 0.3) is 6.08 Å². The normalized spacial score (nSPS) is 19.4. The fourth-order valence-corrected chi connectivity index (χ4v) is 9.31. The Bertz CT molecular complexity index is 2120. The number of carbonyl (C=O) groups is 1. The van der Waals surface area contributed by atoms with Crippen molar-refractivity contribution in [3.8, 4) is 11.5 Å². The number of hydrogen-bond donors (Lipinski definition) is 1. The van der Waals surface area contributed by atoms with Crippen molar-refractivity contribution >= 4 is 74.5 Å². The van der Waals surface area contributed by atoms with Gasteiger partial charge in [0.25, 0.3) is 5.91 Å². The van der Waals surface area contributed by atoms with Gasteiger partial charge < -0.3 is 19.7 Å². The molecule has 0 aliphatic carbocycles. The molecular weight excluding hydrogens is 801 g/mol. The number of hydrogen-bond acceptors (Lipinski definition) is 6. The zero-order valence-corrected chi connectivity index (χ0v) is 32.4. The zero-order chi connectivity index (χ0) is 35.6. The lowest BCUT2D eigenvalue weighted by Gasteiger charge is -2.43. The first kappa shape index (κ1) is 34.8. The van der Waals surface area contributed by atoms with Crippen LogP contribution in [0.5, 0.6) is 11.5 Å². The van der Waals surface area contributed by atoms with Crippen molar-refractivity contribution in [3.05, 3.63) is 156 Å². The first-order valence-electron chi connectivity index (χ1n) is 17.6. The molecule has 1 N–H and O–H groups in total. The van der Waals surface area contributed by atoms with Gasteiger partial charge in [-0.3, -0.25) is 4.79 Å². The Morgan fingerprint density at radius 2 is 1.52 bits per heavy atom. The van der Waals surface area contributed by atoms with E-state index < -0.39 is 0 Å². The molecular formula is C43H37ClIN3O3S. The molecule has 1 amide bonds. The molecule has 3 aliphatic rings. The van der Waals surface area contributed by atoms with Crippen molar-refractivity contribution < 1.29 is 14.3 Å². The van der Waals surface area contributed by atoms with E-state index in [-0.39, 0.29) is 17.7 Å². The largest absolute Gasteiger partial charge is 0.490 e.